The summed E-state index contributed by atoms with van der Waals surface area (Å²) in [6.07, 6.45) is 0. The van der Waals surface area contributed by atoms with Crippen LogP contribution in [-0.4, -0.2) is 15.9 Å². The normalized spacial score (nSPS) is 13.7. The second-order valence-electron chi connectivity index (χ2n) is 23.2. The molecule has 2 aliphatic heterocycles. The van der Waals surface area contributed by atoms with E-state index in [0.717, 1.165) is 0 Å². The van der Waals surface area contributed by atoms with E-state index in [9.17, 15) is 0 Å². The molecule has 0 aliphatic carbocycles. The van der Waals surface area contributed by atoms with Gasteiger partial charge in [0.05, 0.1) is 11.0 Å². The summed E-state index contributed by atoms with van der Waals surface area (Å²) >= 11 is 0. The molecule has 2 nitrogen and oxygen atoms in total. The average molecular weight is 833 g/mol. The van der Waals surface area contributed by atoms with Gasteiger partial charge < -0.3 is 9.05 Å². The van der Waals surface area contributed by atoms with Gasteiger partial charge >= 0.3 is 6.85 Å². The summed E-state index contributed by atoms with van der Waals surface area (Å²) in [5, 5.41) is 3.99. The monoisotopic (exact) mass is 832 g/mol. The highest BCUT2D eigenvalue weighted by Gasteiger charge is 2.44. The Morgan fingerprint density at radius 2 is 1.03 bits per heavy atom. The Morgan fingerprint density at radius 3 is 1.69 bits per heavy atom. The van der Waals surface area contributed by atoms with Crippen molar-refractivity contribution >= 4 is 50.5 Å². The third-order valence-electron chi connectivity index (χ3n) is 14.6. The number of aromatic nitrogens is 2. The molecule has 0 saturated heterocycles. The molecule has 0 N–H and O–H groups in total. The molecule has 0 fully saturated rings. The Labute approximate surface area is 381 Å². The Balaban J connectivity index is 1.38. The van der Waals surface area contributed by atoms with Crippen LogP contribution in [0.15, 0.2) is 133 Å². The highest BCUT2D eigenvalue weighted by Crippen LogP contribution is 2.51. The number of nitrogens with zero attached hydrogens (tertiary/aromatic N) is 2. The number of hydrogen-bond donors (Lipinski definition) is 0. The van der Waals surface area contributed by atoms with Crippen molar-refractivity contribution in [2.24, 2.45) is 0 Å². The maximum Gasteiger partial charge on any atom is 0.333 e. The molecule has 0 atom stereocenters. The topological polar surface area (TPSA) is 9.86 Å². The van der Waals surface area contributed by atoms with Gasteiger partial charge in [0.25, 0.3) is 0 Å². The minimum absolute atomic E-state index is 0.0165. The van der Waals surface area contributed by atoms with E-state index in [1.807, 2.05) is 0 Å². The Kier molecular flexibility index (Phi) is 8.58. The number of benzene rings is 7. The lowest BCUT2D eigenvalue weighted by Crippen LogP contribution is -2.56. The zero-order chi connectivity index (χ0) is 45.0. The third kappa shape index (κ3) is 5.99. The van der Waals surface area contributed by atoms with Crippen LogP contribution in [0.25, 0.3) is 83.0 Å². The van der Waals surface area contributed by atoms with Crippen LogP contribution >= 0.6 is 0 Å². The fraction of sp³-hybridized carbons (Fsp3) is 0.279. The second-order valence-corrected chi connectivity index (χ2v) is 23.2. The molecule has 0 radical (unpaired) electrons. The van der Waals surface area contributed by atoms with Gasteiger partial charge in [0.1, 0.15) is 0 Å². The molecule has 11 rings (SSSR count). The quantitative estimate of drug-likeness (QED) is 0.157. The molecule has 0 amide bonds. The van der Waals surface area contributed by atoms with E-state index >= 15 is 0 Å². The minimum atomic E-state index is -0.0840. The van der Waals surface area contributed by atoms with Gasteiger partial charge in [0.15, 0.2) is 0 Å². The van der Waals surface area contributed by atoms with Crippen molar-refractivity contribution in [1.29, 1.82) is 0 Å². The van der Waals surface area contributed by atoms with Gasteiger partial charge in [-0.05, 0) is 126 Å². The molecule has 0 spiro atoms. The first-order valence-corrected chi connectivity index (χ1v) is 23.5. The molecule has 64 heavy (non-hydrogen) atoms. The van der Waals surface area contributed by atoms with Crippen molar-refractivity contribution in [3.63, 3.8) is 0 Å². The van der Waals surface area contributed by atoms with Gasteiger partial charge in [-0.15, -0.1) is 0 Å². The summed E-state index contributed by atoms with van der Waals surface area (Å²) in [6.45, 7) is 30.4. The van der Waals surface area contributed by atoms with Crippen LogP contribution in [0, 0.1) is 6.92 Å². The lowest BCUT2D eigenvalue weighted by molar-refractivity contribution is 0.590. The van der Waals surface area contributed by atoms with Crippen molar-refractivity contribution in [3.05, 3.63) is 161 Å². The zero-order valence-electron chi connectivity index (χ0n) is 40.2. The summed E-state index contributed by atoms with van der Waals surface area (Å²) < 4.78 is 5.46. The van der Waals surface area contributed by atoms with Crippen LogP contribution in [0.1, 0.15) is 111 Å². The van der Waals surface area contributed by atoms with E-state index in [-0.39, 0.29) is 28.5 Å². The maximum atomic E-state index is 2.80. The molecule has 2 aliphatic rings. The summed E-state index contributed by atoms with van der Waals surface area (Å²) in [4.78, 5) is 0. The van der Waals surface area contributed by atoms with Gasteiger partial charge in [-0.1, -0.05) is 180 Å². The lowest BCUT2D eigenvalue weighted by Gasteiger charge is -2.37. The molecule has 9 aromatic rings. The second kappa shape index (κ2) is 13.5. The average Bonchev–Trinajstić information content (AvgIpc) is 3.76. The Hall–Kier alpha value is -6.06. The van der Waals surface area contributed by atoms with Crippen LogP contribution in [-0.2, 0) is 21.7 Å². The van der Waals surface area contributed by atoms with Crippen LogP contribution in [0.2, 0.25) is 0 Å². The fourth-order valence-electron chi connectivity index (χ4n) is 11.0. The molecule has 0 bridgehead atoms. The van der Waals surface area contributed by atoms with Crippen LogP contribution in [0.5, 0.6) is 0 Å². The molecule has 3 heteroatoms. The fourth-order valence-corrected chi connectivity index (χ4v) is 11.0. The SMILES string of the molecule is Cc1ccccc1-c1c(-c2ccccc2)c2cc(-c3ccc(C(C)(C)C)cc3)cc3c2n1B1c2c-3cc(C(C)(C)C)cc2-n2c3ccc(C(C)(C)C)cc3c3cc(C(C)(C)C)cc1c32. The maximum absolute atomic E-state index is 2.80. The molecule has 2 aromatic heterocycles. The Bertz CT molecular complexity index is 3400. The van der Waals surface area contributed by atoms with Crippen molar-refractivity contribution in [3.8, 4) is 50.3 Å². The van der Waals surface area contributed by atoms with E-state index in [2.05, 4.69) is 233 Å². The third-order valence-corrected chi connectivity index (χ3v) is 14.6. The first-order valence-electron chi connectivity index (χ1n) is 23.5. The summed E-state index contributed by atoms with van der Waals surface area (Å²) in [5.41, 5.74) is 24.9. The lowest BCUT2D eigenvalue weighted by atomic mass is 9.45. The molecule has 318 valence electrons. The Morgan fingerprint density at radius 1 is 0.422 bits per heavy atom. The predicted molar refractivity (Wildman–Crippen MR) is 278 cm³/mol. The van der Waals surface area contributed by atoms with Crippen LogP contribution in [0.3, 0.4) is 0 Å². The smallest absolute Gasteiger partial charge is 0.333 e. The van der Waals surface area contributed by atoms with Gasteiger partial charge in [0, 0.05) is 49.7 Å². The van der Waals surface area contributed by atoms with Crippen molar-refractivity contribution in [2.45, 2.75) is 112 Å². The highest BCUT2D eigenvalue weighted by atomic mass is 15.0. The summed E-state index contributed by atoms with van der Waals surface area (Å²) in [6, 6.07) is 52.2. The van der Waals surface area contributed by atoms with E-state index in [1.165, 1.54) is 122 Å². The van der Waals surface area contributed by atoms with Crippen LogP contribution < -0.4 is 10.9 Å². The van der Waals surface area contributed by atoms with E-state index in [1.54, 1.807) is 0 Å². The molecule has 0 saturated carbocycles. The number of hydrogen-bond acceptors (Lipinski definition) is 0. The van der Waals surface area contributed by atoms with Gasteiger partial charge in [-0.3, -0.25) is 0 Å². The standard InChI is InChI=1S/C61H61BN2/c1-36-19-17-18-22-44(36)57-53(38-20-15-14-16-21-38)49-30-39(37-23-25-40(26-24-37)58(2,3)4)29-47-46-32-43(61(11,12)13)35-52-54(46)62(64(57)55(47)49)50-34-42(60(8,9)10)33-48-45-31-41(59(5,6)7)27-28-51(45)63(52)56(48)50/h14-35H,1-13H3. The summed E-state index contributed by atoms with van der Waals surface area (Å²) in [5.74, 6) is 0. The molecular formula is C61H61BN2. The van der Waals surface area contributed by atoms with Crippen LogP contribution in [0.4, 0.5) is 0 Å². The van der Waals surface area contributed by atoms with E-state index < -0.39 is 0 Å². The highest BCUT2D eigenvalue weighted by molar-refractivity contribution is 6.90. The first-order chi connectivity index (χ1) is 30.2. The van der Waals surface area contributed by atoms with Crippen molar-refractivity contribution in [1.82, 2.24) is 9.05 Å². The number of rotatable bonds is 3. The molecule has 7 aromatic carbocycles. The van der Waals surface area contributed by atoms with Gasteiger partial charge in [-0.2, -0.15) is 0 Å². The minimum Gasteiger partial charge on any atom is -0.375 e. The van der Waals surface area contributed by atoms with E-state index in [0.29, 0.717) is 0 Å². The molecule has 4 heterocycles. The van der Waals surface area contributed by atoms with E-state index in [4.69, 9.17) is 0 Å². The molecule has 0 unspecified atom stereocenters. The zero-order valence-corrected chi connectivity index (χ0v) is 40.2. The van der Waals surface area contributed by atoms with Gasteiger partial charge in [-0.25, -0.2) is 0 Å². The van der Waals surface area contributed by atoms with Crippen molar-refractivity contribution in [2.75, 3.05) is 0 Å². The number of aryl methyl sites for hydroxylation is 1. The predicted octanol–water partition coefficient (Wildman–Crippen LogP) is 15.2. The van der Waals surface area contributed by atoms with Crippen molar-refractivity contribution < 1.29 is 0 Å². The first kappa shape index (κ1) is 40.7. The summed E-state index contributed by atoms with van der Waals surface area (Å²) in [7, 11) is 0. The largest absolute Gasteiger partial charge is 0.375 e. The number of fused-ring (bicyclic) bond motifs is 7. The molecular weight excluding hydrogens is 771 g/mol. The van der Waals surface area contributed by atoms with Gasteiger partial charge in [0.2, 0.25) is 0 Å².